The third-order valence-corrected chi connectivity index (χ3v) is 3.55. The lowest BCUT2D eigenvalue weighted by atomic mass is 9.83. The first-order valence-electron chi connectivity index (χ1n) is 6.20. The van der Waals surface area contributed by atoms with Gasteiger partial charge in [-0.3, -0.25) is 0 Å². The molecule has 2 heteroatoms. The molecule has 0 heterocycles. The van der Waals surface area contributed by atoms with Gasteiger partial charge in [-0.2, -0.15) is 0 Å². The van der Waals surface area contributed by atoms with E-state index >= 15 is 0 Å². The molecule has 0 bridgehead atoms. The maximum atomic E-state index is 10.2. The molecule has 17 heavy (non-hydrogen) atoms. The highest BCUT2D eigenvalue weighted by Gasteiger charge is 2.43. The van der Waals surface area contributed by atoms with Crippen LogP contribution in [-0.4, -0.2) is 12.2 Å². The predicted octanol–water partition coefficient (Wildman–Crippen LogP) is 3.28. The number of rotatable bonds is 2. The smallest absolute Gasteiger partial charge is 0.125 e. The highest BCUT2D eigenvalue weighted by molar-refractivity contribution is 5.49. The summed E-state index contributed by atoms with van der Waals surface area (Å²) in [6.07, 6.45) is 1.75. The van der Waals surface area contributed by atoms with Crippen LogP contribution in [-0.2, 0) is 11.0 Å². The number of methoxy groups -OCH3 is 1. The number of aliphatic hydroxyl groups is 1. The maximum Gasteiger partial charge on any atom is 0.125 e. The summed E-state index contributed by atoms with van der Waals surface area (Å²) < 4.78 is 5.51. The van der Waals surface area contributed by atoms with Gasteiger partial charge in [0, 0.05) is 5.56 Å². The summed E-state index contributed by atoms with van der Waals surface area (Å²) in [5.41, 5.74) is 2.78. The standard InChI is InChI=1S/C15H22O2/c1-10-8-11(15(16)6-7-15)9-12(13(10)17-5)14(2,3)4/h8-9,16H,6-7H2,1-5H3. The lowest BCUT2D eigenvalue weighted by Gasteiger charge is -2.25. The third kappa shape index (κ3) is 2.19. The third-order valence-electron chi connectivity index (χ3n) is 3.55. The van der Waals surface area contributed by atoms with Crippen molar-refractivity contribution in [1.82, 2.24) is 0 Å². The van der Waals surface area contributed by atoms with Gasteiger partial charge in [0.05, 0.1) is 12.7 Å². The van der Waals surface area contributed by atoms with Crippen molar-refractivity contribution in [2.45, 2.75) is 51.6 Å². The molecule has 1 aliphatic rings. The van der Waals surface area contributed by atoms with Crippen molar-refractivity contribution in [1.29, 1.82) is 0 Å². The monoisotopic (exact) mass is 234 g/mol. The molecule has 0 atom stereocenters. The Morgan fingerprint density at radius 3 is 2.24 bits per heavy atom. The SMILES string of the molecule is COc1c(C)cc(C2(O)CC2)cc1C(C)(C)C. The van der Waals surface area contributed by atoms with Gasteiger partial charge in [-0.1, -0.05) is 20.8 Å². The molecule has 2 nitrogen and oxygen atoms in total. The summed E-state index contributed by atoms with van der Waals surface area (Å²) in [7, 11) is 1.71. The van der Waals surface area contributed by atoms with Crippen LogP contribution in [0.1, 0.15) is 50.3 Å². The molecule has 0 spiro atoms. The van der Waals surface area contributed by atoms with Crippen LogP contribution in [0.15, 0.2) is 12.1 Å². The van der Waals surface area contributed by atoms with Crippen molar-refractivity contribution in [3.63, 3.8) is 0 Å². The Hall–Kier alpha value is -1.02. The van der Waals surface area contributed by atoms with Gasteiger partial charge in [0.15, 0.2) is 0 Å². The molecule has 0 saturated heterocycles. The maximum absolute atomic E-state index is 10.2. The van der Waals surface area contributed by atoms with Gasteiger partial charge < -0.3 is 9.84 Å². The average molecular weight is 234 g/mol. The summed E-state index contributed by atoms with van der Waals surface area (Å²) >= 11 is 0. The van der Waals surface area contributed by atoms with Crippen molar-refractivity contribution in [3.05, 3.63) is 28.8 Å². The fraction of sp³-hybridized carbons (Fsp3) is 0.600. The summed E-state index contributed by atoms with van der Waals surface area (Å²) in [5.74, 6) is 0.950. The highest BCUT2D eigenvalue weighted by atomic mass is 16.5. The van der Waals surface area contributed by atoms with E-state index in [0.717, 1.165) is 29.7 Å². The second kappa shape index (κ2) is 3.74. The van der Waals surface area contributed by atoms with Crippen molar-refractivity contribution in [3.8, 4) is 5.75 Å². The molecule has 1 saturated carbocycles. The number of hydrogen-bond donors (Lipinski definition) is 1. The molecule has 0 aliphatic heterocycles. The largest absolute Gasteiger partial charge is 0.496 e. The molecule has 1 aromatic carbocycles. The Morgan fingerprint density at radius 2 is 1.82 bits per heavy atom. The summed E-state index contributed by atoms with van der Waals surface area (Å²) in [6, 6.07) is 4.17. The minimum absolute atomic E-state index is 0.0252. The molecule has 1 aromatic rings. The van der Waals surface area contributed by atoms with Crippen LogP contribution in [0.4, 0.5) is 0 Å². The van der Waals surface area contributed by atoms with E-state index in [2.05, 4.69) is 32.9 Å². The zero-order valence-electron chi connectivity index (χ0n) is 11.4. The van der Waals surface area contributed by atoms with Gasteiger partial charge in [-0.05, 0) is 48.4 Å². The van der Waals surface area contributed by atoms with Crippen molar-refractivity contribution in [2.75, 3.05) is 7.11 Å². The first-order valence-corrected chi connectivity index (χ1v) is 6.20. The Kier molecular flexibility index (Phi) is 2.74. The van der Waals surface area contributed by atoms with Crippen LogP contribution in [0.5, 0.6) is 5.75 Å². The van der Waals surface area contributed by atoms with Crippen LogP contribution in [0, 0.1) is 6.92 Å². The van der Waals surface area contributed by atoms with Crippen LogP contribution in [0.25, 0.3) is 0 Å². The first kappa shape index (κ1) is 12.4. The van der Waals surface area contributed by atoms with E-state index < -0.39 is 5.60 Å². The Morgan fingerprint density at radius 1 is 1.24 bits per heavy atom. The number of aryl methyl sites for hydroxylation is 1. The van der Waals surface area contributed by atoms with E-state index in [1.165, 1.54) is 5.56 Å². The predicted molar refractivity (Wildman–Crippen MR) is 69.6 cm³/mol. The molecule has 1 aliphatic carbocycles. The molecule has 1 fully saturated rings. The lowest BCUT2D eigenvalue weighted by molar-refractivity contribution is 0.151. The van der Waals surface area contributed by atoms with Crippen molar-refractivity contribution >= 4 is 0 Å². The quantitative estimate of drug-likeness (QED) is 0.851. The fourth-order valence-corrected chi connectivity index (χ4v) is 2.28. The summed E-state index contributed by atoms with van der Waals surface area (Å²) in [6.45, 7) is 8.56. The Labute approximate surface area is 104 Å². The Bertz CT molecular complexity index is 437. The van der Waals surface area contributed by atoms with Gasteiger partial charge in [0.1, 0.15) is 5.75 Å². The molecule has 0 aromatic heterocycles. The molecule has 94 valence electrons. The van der Waals surface area contributed by atoms with E-state index in [0.29, 0.717) is 0 Å². The molecule has 0 unspecified atom stereocenters. The minimum atomic E-state index is -0.572. The van der Waals surface area contributed by atoms with Gasteiger partial charge in [0.2, 0.25) is 0 Å². The minimum Gasteiger partial charge on any atom is -0.496 e. The zero-order chi connectivity index (χ0) is 12.8. The fourth-order valence-electron chi connectivity index (χ4n) is 2.28. The number of ether oxygens (including phenoxy) is 1. The van der Waals surface area contributed by atoms with Gasteiger partial charge in [-0.25, -0.2) is 0 Å². The van der Waals surface area contributed by atoms with E-state index in [1.54, 1.807) is 7.11 Å². The molecule has 1 N–H and O–H groups in total. The van der Waals surface area contributed by atoms with Crippen molar-refractivity contribution < 1.29 is 9.84 Å². The molecule has 0 radical (unpaired) electrons. The number of hydrogen-bond acceptors (Lipinski definition) is 2. The summed E-state index contributed by atoms with van der Waals surface area (Å²) in [5, 5.41) is 10.2. The first-order chi connectivity index (χ1) is 7.78. The average Bonchev–Trinajstić information content (AvgIpc) is 2.95. The van der Waals surface area contributed by atoms with Crippen LogP contribution >= 0.6 is 0 Å². The topological polar surface area (TPSA) is 29.5 Å². The van der Waals surface area contributed by atoms with E-state index in [4.69, 9.17) is 4.74 Å². The second-order valence-electron chi connectivity index (χ2n) is 6.16. The Balaban J connectivity index is 2.58. The summed E-state index contributed by atoms with van der Waals surface area (Å²) in [4.78, 5) is 0. The van der Waals surface area contributed by atoms with Crippen LogP contribution in [0.2, 0.25) is 0 Å². The van der Waals surface area contributed by atoms with E-state index in [9.17, 15) is 5.11 Å². The van der Waals surface area contributed by atoms with Gasteiger partial charge >= 0.3 is 0 Å². The molecule has 0 amide bonds. The lowest BCUT2D eigenvalue weighted by Crippen LogP contribution is -2.16. The normalized spacial score (nSPS) is 18.0. The zero-order valence-corrected chi connectivity index (χ0v) is 11.4. The van der Waals surface area contributed by atoms with Crippen LogP contribution < -0.4 is 4.74 Å². The number of benzene rings is 1. The van der Waals surface area contributed by atoms with Crippen LogP contribution in [0.3, 0.4) is 0 Å². The van der Waals surface area contributed by atoms with E-state index in [-0.39, 0.29) is 5.41 Å². The van der Waals surface area contributed by atoms with Gasteiger partial charge in [0.25, 0.3) is 0 Å². The van der Waals surface area contributed by atoms with Gasteiger partial charge in [-0.15, -0.1) is 0 Å². The molecular formula is C15H22O2. The van der Waals surface area contributed by atoms with E-state index in [1.807, 2.05) is 6.92 Å². The second-order valence-corrected chi connectivity index (χ2v) is 6.16. The molecule has 2 rings (SSSR count). The molecular weight excluding hydrogens is 212 g/mol. The van der Waals surface area contributed by atoms with Crippen molar-refractivity contribution in [2.24, 2.45) is 0 Å². The highest BCUT2D eigenvalue weighted by Crippen LogP contribution is 2.48.